The van der Waals surface area contributed by atoms with E-state index in [9.17, 15) is 18.0 Å². The van der Waals surface area contributed by atoms with Gasteiger partial charge in [-0.1, -0.05) is 6.07 Å². The summed E-state index contributed by atoms with van der Waals surface area (Å²) in [5.74, 6) is -0.944. The van der Waals surface area contributed by atoms with Crippen LogP contribution in [0, 0.1) is 0 Å². The van der Waals surface area contributed by atoms with Crippen LogP contribution in [0.3, 0.4) is 0 Å². The highest BCUT2D eigenvalue weighted by Gasteiger charge is 2.40. The molecule has 2 aromatic rings. The maximum atomic E-state index is 13.1. The SMILES string of the molecule is CCOC(=O)c1cc(S(=O)(=O)N2CCC[C@@H]2C(=O)NCc2cccnc2)cn1C. The van der Waals surface area contributed by atoms with E-state index in [1.807, 2.05) is 6.07 Å². The molecular weight excluding hydrogens is 396 g/mol. The summed E-state index contributed by atoms with van der Waals surface area (Å²) in [6.07, 6.45) is 5.67. The molecule has 0 aromatic carbocycles. The van der Waals surface area contributed by atoms with Crippen LogP contribution in [-0.2, 0) is 33.1 Å². The lowest BCUT2D eigenvalue weighted by Gasteiger charge is -2.22. The van der Waals surface area contributed by atoms with E-state index in [1.165, 1.54) is 21.1 Å². The Hall–Kier alpha value is -2.72. The molecule has 1 atom stereocenters. The quantitative estimate of drug-likeness (QED) is 0.671. The first-order chi connectivity index (χ1) is 13.8. The van der Waals surface area contributed by atoms with Crippen molar-refractivity contribution < 1.29 is 22.7 Å². The second-order valence-corrected chi connectivity index (χ2v) is 8.64. The van der Waals surface area contributed by atoms with E-state index in [0.29, 0.717) is 12.8 Å². The summed E-state index contributed by atoms with van der Waals surface area (Å²) in [4.78, 5) is 28.6. The van der Waals surface area contributed by atoms with Crippen LogP contribution in [0.5, 0.6) is 0 Å². The third-order valence-electron chi connectivity index (χ3n) is 4.77. The molecule has 0 spiro atoms. The fraction of sp³-hybridized carbons (Fsp3) is 0.421. The van der Waals surface area contributed by atoms with Crippen LogP contribution < -0.4 is 5.32 Å². The highest BCUT2D eigenvalue weighted by atomic mass is 32.2. The third kappa shape index (κ3) is 4.48. The van der Waals surface area contributed by atoms with Crippen molar-refractivity contribution in [3.8, 4) is 0 Å². The Labute approximate surface area is 169 Å². The van der Waals surface area contributed by atoms with Gasteiger partial charge in [0.15, 0.2) is 0 Å². The molecule has 3 rings (SSSR count). The summed E-state index contributed by atoms with van der Waals surface area (Å²) < 4.78 is 33.9. The molecule has 156 valence electrons. The molecule has 1 aliphatic rings. The average molecular weight is 420 g/mol. The topological polar surface area (TPSA) is 111 Å². The molecular formula is C19H24N4O5S. The van der Waals surface area contributed by atoms with E-state index >= 15 is 0 Å². The zero-order valence-electron chi connectivity index (χ0n) is 16.4. The summed E-state index contributed by atoms with van der Waals surface area (Å²) in [7, 11) is -2.36. The zero-order chi connectivity index (χ0) is 21.0. The number of nitrogens with zero attached hydrogens (tertiary/aromatic N) is 3. The molecule has 2 aromatic heterocycles. The second-order valence-electron chi connectivity index (χ2n) is 6.75. The van der Waals surface area contributed by atoms with Gasteiger partial charge in [-0.25, -0.2) is 13.2 Å². The van der Waals surface area contributed by atoms with E-state index in [2.05, 4.69) is 10.3 Å². The number of esters is 1. The van der Waals surface area contributed by atoms with E-state index < -0.39 is 22.0 Å². The fourth-order valence-corrected chi connectivity index (χ4v) is 5.05. The molecule has 0 unspecified atom stereocenters. The van der Waals surface area contributed by atoms with Crippen LogP contribution in [0.15, 0.2) is 41.7 Å². The van der Waals surface area contributed by atoms with Gasteiger partial charge in [0.1, 0.15) is 16.6 Å². The van der Waals surface area contributed by atoms with Gasteiger partial charge >= 0.3 is 5.97 Å². The molecule has 0 saturated carbocycles. The van der Waals surface area contributed by atoms with Crippen molar-refractivity contribution >= 4 is 21.9 Å². The number of hydrogen-bond acceptors (Lipinski definition) is 6. The summed E-state index contributed by atoms with van der Waals surface area (Å²) in [6, 6.07) is 4.10. The molecule has 3 heterocycles. The van der Waals surface area contributed by atoms with Gasteiger partial charge < -0.3 is 14.6 Å². The van der Waals surface area contributed by atoms with Crippen LogP contribution >= 0.6 is 0 Å². The highest BCUT2D eigenvalue weighted by molar-refractivity contribution is 7.89. The van der Waals surface area contributed by atoms with Gasteiger partial charge in [-0.2, -0.15) is 4.31 Å². The molecule has 1 aliphatic heterocycles. The Morgan fingerprint density at radius 2 is 2.17 bits per heavy atom. The summed E-state index contributed by atoms with van der Waals surface area (Å²) in [6.45, 7) is 2.39. The van der Waals surface area contributed by atoms with Crippen LogP contribution in [0.2, 0.25) is 0 Å². The van der Waals surface area contributed by atoms with Gasteiger partial charge in [0, 0.05) is 38.7 Å². The zero-order valence-corrected chi connectivity index (χ0v) is 17.2. The second kappa shape index (κ2) is 8.75. The normalized spacial score (nSPS) is 17.2. The predicted molar refractivity (Wildman–Crippen MR) is 104 cm³/mol. The molecule has 1 saturated heterocycles. The molecule has 1 fully saturated rings. The Kier molecular flexibility index (Phi) is 6.33. The van der Waals surface area contributed by atoms with Crippen molar-refractivity contribution in [1.82, 2.24) is 19.2 Å². The first-order valence-electron chi connectivity index (χ1n) is 9.36. The number of rotatable bonds is 7. The molecule has 29 heavy (non-hydrogen) atoms. The van der Waals surface area contributed by atoms with Crippen molar-refractivity contribution in [2.45, 2.75) is 37.2 Å². The smallest absolute Gasteiger partial charge is 0.354 e. The number of carbonyl (C=O) groups excluding carboxylic acids is 2. The van der Waals surface area contributed by atoms with Gasteiger partial charge in [-0.05, 0) is 37.5 Å². The lowest BCUT2D eigenvalue weighted by atomic mass is 10.2. The van der Waals surface area contributed by atoms with Gasteiger partial charge in [0.2, 0.25) is 15.9 Å². The first-order valence-corrected chi connectivity index (χ1v) is 10.8. The van der Waals surface area contributed by atoms with Crippen molar-refractivity contribution in [3.63, 3.8) is 0 Å². The van der Waals surface area contributed by atoms with Crippen LogP contribution in [0.4, 0.5) is 0 Å². The Morgan fingerprint density at radius 3 is 2.86 bits per heavy atom. The minimum absolute atomic E-state index is 0.0324. The number of nitrogens with one attached hydrogen (secondary N) is 1. The molecule has 1 amide bonds. The highest BCUT2D eigenvalue weighted by Crippen LogP contribution is 2.27. The fourth-order valence-electron chi connectivity index (χ4n) is 3.32. The number of amides is 1. The Morgan fingerprint density at radius 1 is 1.38 bits per heavy atom. The van der Waals surface area contributed by atoms with Gasteiger partial charge in [-0.15, -0.1) is 0 Å². The number of hydrogen-bond donors (Lipinski definition) is 1. The number of aryl methyl sites for hydroxylation is 1. The number of pyridine rings is 1. The summed E-state index contributed by atoms with van der Waals surface area (Å²) in [5, 5.41) is 2.78. The Bertz CT molecular complexity index is 987. The minimum Gasteiger partial charge on any atom is -0.461 e. The number of carbonyl (C=O) groups is 2. The van der Waals surface area contributed by atoms with Gasteiger partial charge in [0.05, 0.1) is 6.61 Å². The predicted octanol–water partition coefficient (Wildman–Crippen LogP) is 1.07. The number of sulfonamides is 1. The van der Waals surface area contributed by atoms with E-state index in [1.54, 1.807) is 32.4 Å². The number of aromatic nitrogens is 2. The maximum absolute atomic E-state index is 13.1. The molecule has 1 N–H and O–H groups in total. The molecule has 0 radical (unpaired) electrons. The molecule has 9 nitrogen and oxygen atoms in total. The molecule has 10 heteroatoms. The van der Waals surface area contributed by atoms with Gasteiger partial charge in [-0.3, -0.25) is 9.78 Å². The van der Waals surface area contributed by atoms with Crippen LogP contribution in [-0.4, -0.2) is 53.3 Å². The van der Waals surface area contributed by atoms with Crippen molar-refractivity contribution in [3.05, 3.63) is 48.0 Å². The minimum atomic E-state index is -3.93. The van der Waals surface area contributed by atoms with Gasteiger partial charge in [0.25, 0.3) is 0 Å². The number of ether oxygens (including phenoxy) is 1. The van der Waals surface area contributed by atoms with E-state index in [-0.39, 0.29) is 36.2 Å². The lowest BCUT2D eigenvalue weighted by molar-refractivity contribution is -0.124. The molecule has 0 bridgehead atoms. The summed E-state index contributed by atoms with van der Waals surface area (Å²) in [5.41, 5.74) is 0.970. The Balaban J connectivity index is 1.76. The maximum Gasteiger partial charge on any atom is 0.354 e. The van der Waals surface area contributed by atoms with Crippen molar-refractivity contribution in [2.75, 3.05) is 13.2 Å². The largest absolute Gasteiger partial charge is 0.461 e. The average Bonchev–Trinajstić information content (AvgIpc) is 3.35. The van der Waals surface area contributed by atoms with Crippen molar-refractivity contribution in [2.24, 2.45) is 7.05 Å². The first kappa shape index (κ1) is 21.0. The molecule has 0 aliphatic carbocycles. The van der Waals surface area contributed by atoms with E-state index in [0.717, 1.165) is 5.56 Å². The van der Waals surface area contributed by atoms with Crippen LogP contribution in [0.1, 0.15) is 35.8 Å². The standard InChI is InChI=1S/C19H24N4O5S/c1-3-28-19(25)17-10-15(13-22(17)2)29(26,27)23-9-5-7-16(23)18(24)21-12-14-6-4-8-20-11-14/h4,6,8,10-11,13,16H,3,5,7,9,12H2,1-2H3,(H,21,24)/t16-/m1/s1. The van der Waals surface area contributed by atoms with E-state index in [4.69, 9.17) is 4.74 Å². The third-order valence-corrected chi connectivity index (χ3v) is 6.64. The van der Waals surface area contributed by atoms with Crippen LogP contribution in [0.25, 0.3) is 0 Å². The van der Waals surface area contributed by atoms with Crippen molar-refractivity contribution in [1.29, 1.82) is 0 Å². The summed E-state index contributed by atoms with van der Waals surface area (Å²) >= 11 is 0. The monoisotopic (exact) mass is 420 g/mol. The lowest BCUT2D eigenvalue weighted by Crippen LogP contribution is -2.45.